The van der Waals surface area contributed by atoms with Crippen LogP contribution >= 0.6 is 11.6 Å². The van der Waals surface area contributed by atoms with Gasteiger partial charge in [-0.25, -0.2) is 0 Å². The van der Waals surface area contributed by atoms with Crippen LogP contribution in [-0.4, -0.2) is 36.1 Å². The maximum Gasteiger partial charge on any atom is 0.0544 e. The number of benzene rings is 1. The summed E-state index contributed by atoms with van der Waals surface area (Å²) in [6.07, 6.45) is 0. The molecule has 2 heterocycles. The van der Waals surface area contributed by atoms with E-state index in [0.717, 1.165) is 54.3 Å². The fourth-order valence-corrected chi connectivity index (χ4v) is 2.86. The molecule has 0 spiro atoms. The predicted octanol–water partition coefficient (Wildman–Crippen LogP) is 2.53. The first-order valence-electron chi connectivity index (χ1n) is 6.44. The highest BCUT2D eigenvalue weighted by atomic mass is 35.5. The maximum absolute atomic E-state index is 6.51. The van der Waals surface area contributed by atoms with Gasteiger partial charge in [-0.3, -0.25) is 4.90 Å². The quantitative estimate of drug-likeness (QED) is 0.873. The molecule has 0 aliphatic carbocycles. The van der Waals surface area contributed by atoms with Crippen molar-refractivity contribution in [3.8, 4) is 0 Å². The highest BCUT2D eigenvalue weighted by molar-refractivity contribution is 6.36. The molecule has 0 saturated carbocycles. The van der Waals surface area contributed by atoms with Gasteiger partial charge in [0.05, 0.1) is 5.02 Å². The van der Waals surface area contributed by atoms with E-state index in [1.165, 1.54) is 5.56 Å². The molecule has 0 amide bonds. The van der Waals surface area contributed by atoms with E-state index in [-0.39, 0.29) is 0 Å². The molecule has 1 saturated heterocycles. The van der Waals surface area contributed by atoms with Gasteiger partial charge in [0, 0.05) is 49.3 Å². The summed E-state index contributed by atoms with van der Waals surface area (Å²) in [5, 5.41) is 5.41. The first-order valence-corrected chi connectivity index (χ1v) is 6.81. The van der Waals surface area contributed by atoms with Gasteiger partial charge in [-0.15, -0.1) is 0 Å². The van der Waals surface area contributed by atoms with Crippen LogP contribution in [0.1, 0.15) is 11.3 Å². The number of rotatable bonds is 2. The summed E-state index contributed by atoms with van der Waals surface area (Å²) in [6, 6.07) is 6.40. The fourth-order valence-electron chi connectivity index (χ4n) is 2.59. The van der Waals surface area contributed by atoms with Crippen LogP contribution in [0.2, 0.25) is 5.02 Å². The van der Waals surface area contributed by atoms with Crippen molar-refractivity contribution in [3.05, 3.63) is 34.5 Å². The molecule has 0 radical (unpaired) electrons. The first kappa shape index (κ1) is 12.0. The van der Waals surface area contributed by atoms with E-state index in [1.807, 2.05) is 0 Å². The lowest BCUT2D eigenvalue weighted by molar-refractivity contribution is 0.233. The van der Waals surface area contributed by atoms with Gasteiger partial charge in [0.25, 0.3) is 0 Å². The Bertz CT molecular complexity index is 555. The third kappa shape index (κ3) is 2.26. The highest BCUT2D eigenvalue weighted by Crippen LogP contribution is 2.28. The SMILES string of the molecule is Cc1cc2c(Cl)c(CN3CCNCC3)ccc2[nH]1. The van der Waals surface area contributed by atoms with Crippen LogP contribution in [0.4, 0.5) is 0 Å². The summed E-state index contributed by atoms with van der Waals surface area (Å²) < 4.78 is 0. The summed E-state index contributed by atoms with van der Waals surface area (Å²) in [5.74, 6) is 0. The highest BCUT2D eigenvalue weighted by Gasteiger charge is 2.13. The van der Waals surface area contributed by atoms with Crippen LogP contribution in [0.15, 0.2) is 18.2 Å². The molecule has 2 aromatic rings. The van der Waals surface area contributed by atoms with Gasteiger partial charge < -0.3 is 10.3 Å². The number of halogens is 1. The second kappa shape index (κ2) is 4.92. The van der Waals surface area contributed by atoms with Crippen molar-refractivity contribution in [3.63, 3.8) is 0 Å². The van der Waals surface area contributed by atoms with Crippen molar-refractivity contribution in [2.75, 3.05) is 26.2 Å². The summed E-state index contributed by atoms with van der Waals surface area (Å²) in [6.45, 7) is 7.35. The van der Waals surface area contributed by atoms with Gasteiger partial charge in [0.2, 0.25) is 0 Å². The molecule has 1 fully saturated rings. The van der Waals surface area contributed by atoms with E-state index in [4.69, 9.17) is 11.6 Å². The predicted molar refractivity (Wildman–Crippen MR) is 76.2 cm³/mol. The summed E-state index contributed by atoms with van der Waals surface area (Å²) in [7, 11) is 0. The molecule has 2 N–H and O–H groups in total. The van der Waals surface area contributed by atoms with Gasteiger partial charge >= 0.3 is 0 Å². The average Bonchev–Trinajstić information content (AvgIpc) is 2.76. The monoisotopic (exact) mass is 263 g/mol. The molecule has 0 unspecified atom stereocenters. The minimum absolute atomic E-state index is 0.899. The molecule has 18 heavy (non-hydrogen) atoms. The molecule has 96 valence electrons. The van der Waals surface area contributed by atoms with E-state index in [2.05, 4.69) is 40.3 Å². The lowest BCUT2D eigenvalue weighted by atomic mass is 10.1. The van der Waals surface area contributed by atoms with Crippen LogP contribution in [0, 0.1) is 6.92 Å². The standard InChI is InChI=1S/C14H18ClN3/c1-10-8-12-13(17-10)3-2-11(14(12)15)9-18-6-4-16-5-7-18/h2-3,8,16-17H,4-7,9H2,1H3. The number of aromatic nitrogens is 1. The summed E-state index contributed by atoms with van der Waals surface area (Å²) in [4.78, 5) is 5.77. The maximum atomic E-state index is 6.51. The van der Waals surface area contributed by atoms with Crippen LogP contribution in [0.25, 0.3) is 10.9 Å². The van der Waals surface area contributed by atoms with Crippen LogP contribution < -0.4 is 5.32 Å². The lowest BCUT2D eigenvalue weighted by Crippen LogP contribution is -2.42. The normalized spacial score (nSPS) is 17.4. The second-order valence-electron chi connectivity index (χ2n) is 4.98. The Hall–Kier alpha value is -1.03. The second-order valence-corrected chi connectivity index (χ2v) is 5.36. The third-order valence-corrected chi connectivity index (χ3v) is 4.00. The topological polar surface area (TPSA) is 31.1 Å². The molecule has 3 rings (SSSR count). The molecule has 1 aliphatic heterocycles. The molecule has 1 aromatic carbocycles. The zero-order chi connectivity index (χ0) is 12.5. The minimum atomic E-state index is 0.899. The zero-order valence-electron chi connectivity index (χ0n) is 10.6. The largest absolute Gasteiger partial charge is 0.359 e. The van der Waals surface area contributed by atoms with Crippen LogP contribution in [0.3, 0.4) is 0 Å². The average molecular weight is 264 g/mol. The number of hydrogen-bond acceptors (Lipinski definition) is 2. The number of nitrogens with zero attached hydrogens (tertiary/aromatic N) is 1. The van der Waals surface area contributed by atoms with E-state index >= 15 is 0 Å². The molecule has 3 nitrogen and oxygen atoms in total. The molecule has 0 bridgehead atoms. The summed E-state index contributed by atoms with van der Waals surface area (Å²) in [5.41, 5.74) is 3.51. The van der Waals surface area contributed by atoms with Crippen molar-refractivity contribution < 1.29 is 0 Å². The number of H-pyrrole nitrogens is 1. The number of hydrogen-bond donors (Lipinski definition) is 2. The van der Waals surface area contributed by atoms with Gasteiger partial charge in [-0.2, -0.15) is 0 Å². The lowest BCUT2D eigenvalue weighted by Gasteiger charge is -2.27. The molecule has 1 aliphatic rings. The Kier molecular flexibility index (Phi) is 3.29. The van der Waals surface area contributed by atoms with Crippen LogP contribution in [0.5, 0.6) is 0 Å². The van der Waals surface area contributed by atoms with E-state index in [1.54, 1.807) is 0 Å². The van der Waals surface area contributed by atoms with E-state index < -0.39 is 0 Å². The number of aromatic amines is 1. The van der Waals surface area contributed by atoms with Gasteiger partial charge in [0.1, 0.15) is 0 Å². The Labute approximate surface area is 112 Å². The van der Waals surface area contributed by atoms with Crippen LogP contribution in [-0.2, 0) is 6.54 Å². The fraction of sp³-hybridized carbons (Fsp3) is 0.429. The van der Waals surface area contributed by atoms with Crippen molar-refractivity contribution in [1.82, 2.24) is 15.2 Å². The summed E-state index contributed by atoms with van der Waals surface area (Å²) >= 11 is 6.51. The zero-order valence-corrected chi connectivity index (χ0v) is 11.3. The first-order chi connectivity index (χ1) is 8.74. The molecule has 1 aromatic heterocycles. The van der Waals surface area contributed by atoms with E-state index in [9.17, 15) is 0 Å². The Morgan fingerprint density at radius 2 is 2.06 bits per heavy atom. The van der Waals surface area contributed by atoms with Gasteiger partial charge in [-0.1, -0.05) is 17.7 Å². The van der Waals surface area contributed by atoms with Crippen molar-refractivity contribution >= 4 is 22.5 Å². The minimum Gasteiger partial charge on any atom is -0.359 e. The third-order valence-electron chi connectivity index (χ3n) is 3.56. The molecule has 4 heteroatoms. The Morgan fingerprint density at radius 1 is 1.28 bits per heavy atom. The van der Waals surface area contributed by atoms with Crippen molar-refractivity contribution in [2.24, 2.45) is 0 Å². The molecular weight excluding hydrogens is 246 g/mol. The number of nitrogens with one attached hydrogen (secondary N) is 2. The number of fused-ring (bicyclic) bond motifs is 1. The van der Waals surface area contributed by atoms with Crippen molar-refractivity contribution in [2.45, 2.75) is 13.5 Å². The Morgan fingerprint density at radius 3 is 2.83 bits per heavy atom. The van der Waals surface area contributed by atoms with E-state index in [0.29, 0.717) is 0 Å². The smallest absolute Gasteiger partial charge is 0.0544 e. The Balaban J connectivity index is 1.89. The number of piperazine rings is 1. The molecule has 0 atom stereocenters. The van der Waals surface area contributed by atoms with Gasteiger partial charge in [-0.05, 0) is 24.6 Å². The number of aryl methyl sites for hydroxylation is 1. The van der Waals surface area contributed by atoms with Gasteiger partial charge in [0.15, 0.2) is 0 Å². The molecular formula is C14H18ClN3. The van der Waals surface area contributed by atoms with Crippen molar-refractivity contribution in [1.29, 1.82) is 0 Å².